The standard InChI is InChI=1S/2C10H14N.2BrH/c2*1-3-7-11(8-4-2)9-5-6-10-11;;/h2*1-2H,5-10H2;2*1H/q2*+1;;/p-2. The van der Waals surface area contributed by atoms with Gasteiger partial charge in [0.2, 0.25) is 0 Å². The van der Waals surface area contributed by atoms with E-state index in [0.717, 1.165) is 35.1 Å². The van der Waals surface area contributed by atoms with E-state index in [4.69, 9.17) is 25.7 Å². The van der Waals surface area contributed by atoms with Gasteiger partial charge < -0.3 is 42.9 Å². The lowest BCUT2D eigenvalue weighted by molar-refractivity contribution is -0.903. The number of quaternary nitrogens is 2. The summed E-state index contributed by atoms with van der Waals surface area (Å²) in [4.78, 5) is 0. The minimum Gasteiger partial charge on any atom is -1.00 e. The van der Waals surface area contributed by atoms with Crippen molar-refractivity contribution in [3.63, 3.8) is 0 Å². The second kappa shape index (κ2) is 13.4. The van der Waals surface area contributed by atoms with Gasteiger partial charge in [-0.25, -0.2) is 0 Å². The number of rotatable bonds is 4. The average molecular weight is 456 g/mol. The molecule has 2 heterocycles. The summed E-state index contributed by atoms with van der Waals surface area (Å²) in [7, 11) is 0. The van der Waals surface area contributed by atoms with Crippen LogP contribution < -0.4 is 34.0 Å². The Morgan fingerprint density at radius 1 is 0.500 bits per heavy atom. The van der Waals surface area contributed by atoms with Crippen LogP contribution >= 0.6 is 0 Å². The summed E-state index contributed by atoms with van der Waals surface area (Å²) in [6, 6.07) is 0. The molecule has 0 unspecified atom stereocenters. The predicted molar refractivity (Wildman–Crippen MR) is 93.3 cm³/mol. The zero-order chi connectivity index (χ0) is 16.3. The Hall–Kier alpha value is -0.880. The van der Waals surface area contributed by atoms with Crippen molar-refractivity contribution in [2.75, 3.05) is 52.4 Å². The molecule has 2 fully saturated rings. The van der Waals surface area contributed by atoms with Crippen molar-refractivity contribution in [3.05, 3.63) is 0 Å². The molecular weight excluding hydrogens is 428 g/mol. The van der Waals surface area contributed by atoms with Crippen LogP contribution in [0.4, 0.5) is 0 Å². The summed E-state index contributed by atoms with van der Waals surface area (Å²) in [5.74, 6) is 10.8. The van der Waals surface area contributed by atoms with Crippen molar-refractivity contribution in [2.45, 2.75) is 25.7 Å². The number of hydrogen-bond donors (Lipinski definition) is 0. The monoisotopic (exact) mass is 454 g/mol. The molecule has 2 saturated heterocycles. The third kappa shape index (κ3) is 7.79. The Bertz CT molecular complexity index is 418. The van der Waals surface area contributed by atoms with Crippen LogP contribution in [-0.4, -0.2) is 61.3 Å². The highest BCUT2D eigenvalue weighted by atomic mass is 79.9. The maximum Gasteiger partial charge on any atom is 0.141 e. The molecule has 2 aliphatic heterocycles. The number of halogens is 2. The van der Waals surface area contributed by atoms with E-state index in [0.29, 0.717) is 0 Å². The topological polar surface area (TPSA) is 0 Å². The lowest BCUT2D eigenvalue weighted by Gasteiger charge is -2.29. The lowest BCUT2D eigenvalue weighted by Crippen LogP contribution is -3.00. The Balaban J connectivity index is 0. The molecule has 24 heavy (non-hydrogen) atoms. The molecule has 132 valence electrons. The lowest BCUT2D eigenvalue weighted by atomic mass is 10.4. The van der Waals surface area contributed by atoms with Crippen LogP contribution in [0.5, 0.6) is 0 Å². The second-order valence-electron chi connectivity index (χ2n) is 6.44. The van der Waals surface area contributed by atoms with E-state index in [1.165, 1.54) is 51.9 Å². The minimum atomic E-state index is 0. The van der Waals surface area contributed by atoms with Gasteiger partial charge in [-0.15, -0.1) is 25.7 Å². The van der Waals surface area contributed by atoms with Gasteiger partial charge in [-0.05, 0) is 23.7 Å². The molecule has 0 bridgehead atoms. The first-order valence-electron chi connectivity index (χ1n) is 8.10. The van der Waals surface area contributed by atoms with E-state index < -0.39 is 0 Å². The molecule has 2 aliphatic rings. The van der Waals surface area contributed by atoms with Gasteiger partial charge in [0.05, 0.1) is 26.2 Å². The van der Waals surface area contributed by atoms with Gasteiger partial charge in [-0.2, -0.15) is 0 Å². The molecule has 2 nitrogen and oxygen atoms in total. The van der Waals surface area contributed by atoms with Gasteiger partial charge in [-0.3, -0.25) is 0 Å². The molecule has 0 spiro atoms. The van der Waals surface area contributed by atoms with Gasteiger partial charge in [-0.1, -0.05) is 0 Å². The first-order chi connectivity index (χ1) is 10.7. The summed E-state index contributed by atoms with van der Waals surface area (Å²) < 4.78 is 1.93. The van der Waals surface area contributed by atoms with Gasteiger partial charge in [0, 0.05) is 25.7 Å². The van der Waals surface area contributed by atoms with Crippen LogP contribution in [0.2, 0.25) is 0 Å². The Labute approximate surface area is 170 Å². The molecule has 0 saturated carbocycles. The van der Waals surface area contributed by atoms with Crippen molar-refractivity contribution in [3.8, 4) is 49.4 Å². The average Bonchev–Trinajstić information content (AvgIpc) is 3.12. The molecule has 0 atom stereocenters. The predicted octanol–water partition coefficient (Wildman–Crippen LogP) is -4.27. The summed E-state index contributed by atoms with van der Waals surface area (Å²) in [6.45, 7) is 7.94. The van der Waals surface area contributed by atoms with Crippen LogP contribution in [-0.2, 0) is 0 Å². The molecule has 0 radical (unpaired) electrons. The summed E-state index contributed by atoms with van der Waals surface area (Å²) in [5, 5.41) is 0. The minimum absolute atomic E-state index is 0. The van der Waals surface area contributed by atoms with Crippen molar-refractivity contribution >= 4 is 0 Å². The molecular formula is C20H28Br2N2. The second-order valence-corrected chi connectivity index (χ2v) is 6.44. The van der Waals surface area contributed by atoms with E-state index >= 15 is 0 Å². The van der Waals surface area contributed by atoms with Crippen LogP contribution in [0.1, 0.15) is 25.7 Å². The maximum atomic E-state index is 5.29. The molecule has 2 rings (SSSR count). The van der Waals surface area contributed by atoms with E-state index in [1.807, 2.05) is 0 Å². The van der Waals surface area contributed by atoms with Crippen molar-refractivity contribution in [1.82, 2.24) is 0 Å². The molecule has 0 aromatic carbocycles. The number of nitrogens with zero attached hydrogens (tertiary/aromatic N) is 2. The van der Waals surface area contributed by atoms with Crippen LogP contribution in [0.15, 0.2) is 0 Å². The van der Waals surface area contributed by atoms with E-state index in [-0.39, 0.29) is 34.0 Å². The molecule has 0 aromatic heterocycles. The normalized spacial score (nSPS) is 18.8. The van der Waals surface area contributed by atoms with Gasteiger partial charge >= 0.3 is 0 Å². The fourth-order valence-corrected chi connectivity index (χ4v) is 3.53. The number of hydrogen-bond acceptors (Lipinski definition) is 0. The smallest absolute Gasteiger partial charge is 0.141 e. The third-order valence-electron chi connectivity index (χ3n) is 4.74. The Kier molecular flexibility index (Phi) is 14.2. The molecule has 0 aliphatic carbocycles. The van der Waals surface area contributed by atoms with E-state index in [1.54, 1.807) is 0 Å². The Morgan fingerprint density at radius 3 is 0.875 bits per heavy atom. The molecule has 4 heteroatoms. The van der Waals surface area contributed by atoms with Crippen molar-refractivity contribution in [1.29, 1.82) is 0 Å². The first-order valence-corrected chi connectivity index (χ1v) is 8.10. The van der Waals surface area contributed by atoms with E-state index in [9.17, 15) is 0 Å². The van der Waals surface area contributed by atoms with Crippen LogP contribution in [0, 0.1) is 49.4 Å². The van der Waals surface area contributed by atoms with E-state index in [2.05, 4.69) is 23.7 Å². The van der Waals surface area contributed by atoms with Gasteiger partial charge in [0.15, 0.2) is 0 Å². The highest BCUT2D eigenvalue weighted by Gasteiger charge is 2.30. The Morgan fingerprint density at radius 2 is 0.708 bits per heavy atom. The van der Waals surface area contributed by atoms with Crippen LogP contribution in [0.3, 0.4) is 0 Å². The fourth-order valence-electron chi connectivity index (χ4n) is 3.53. The molecule has 0 aromatic rings. The highest BCUT2D eigenvalue weighted by molar-refractivity contribution is 4.90. The van der Waals surface area contributed by atoms with Gasteiger partial charge in [0.25, 0.3) is 0 Å². The zero-order valence-corrected chi connectivity index (χ0v) is 17.6. The molecule has 0 N–H and O–H groups in total. The van der Waals surface area contributed by atoms with Crippen molar-refractivity contribution in [2.24, 2.45) is 0 Å². The maximum absolute atomic E-state index is 5.29. The highest BCUT2D eigenvalue weighted by Crippen LogP contribution is 2.18. The SMILES string of the molecule is C#CC[N+]1(CC#C)CCCC1.C#CC[N+]1(CC#C)CCCC1.[Br-].[Br-]. The van der Waals surface area contributed by atoms with Crippen molar-refractivity contribution < 1.29 is 42.9 Å². The number of likely N-dealkylation sites (tertiary alicyclic amines) is 2. The summed E-state index contributed by atoms with van der Waals surface area (Å²) in [5.41, 5.74) is 0. The van der Waals surface area contributed by atoms with Gasteiger partial charge in [0.1, 0.15) is 26.2 Å². The van der Waals surface area contributed by atoms with Crippen LogP contribution in [0.25, 0.3) is 0 Å². The third-order valence-corrected chi connectivity index (χ3v) is 4.74. The number of terminal acetylenes is 4. The molecule has 0 amide bonds. The summed E-state index contributed by atoms with van der Waals surface area (Å²) in [6.07, 6.45) is 26.3. The largest absolute Gasteiger partial charge is 1.00 e. The quantitative estimate of drug-likeness (QED) is 0.297. The first kappa shape index (κ1) is 25.4. The zero-order valence-electron chi connectivity index (χ0n) is 14.4. The summed E-state index contributed by atoms with van der Waals surface area (Å²) >= 11 is 0. The fraction of sp³-hybridized carbons (Fsp3) is 0.600.